The van der Waals surface area contributed by atoms with Crippen LogP contribution in [-0.4, -0.2) is 11.6 Å². The van der Waals surface area contributed by atoms with E-state index < -0.39 is 0 Å². The van der Waals surface area contributed by atoms with Gasteiger partial charge in [-0.05, 0) is 25.5 Å². The van der Waals surface area contributed by atoms with Crippen LogP contribution >= 0.6 is 0 Å². The summed E-state index contributed by atoms with van der Waals surface area (Å²) in [6.07, 6.45) is 0.631. The Labute approximate surface area is 117 Å². The average Bonchev–Trinajstić information content (AvgIpc) is 2.40. The Morgan fingerprint density at radius 1 is 1.20 bits per heavy atom. The number of aryl methyl sites for hydroxylation is 1. The van der Waals surface area contributed by atoms with E-state index in [2.05, 4.69) is 18.8 Å². The van der Waals surface area contributed by atoms with Crippen LogP contribution in [0.25, 0.3) is 11.5 Å². The smallest absolute Gasteiger partial charge is 0.346 e. The Morgan fingerprint density at radius 3 is 2.60 bits per heavy atom. The molecular formula is C16H17NO3. The van der Waals surface area contributed by atoms with E-state index >= 15 is 0 Å². The molecule has 1 aromatic carbocycles. The van der Waals surface area contributed by atoms with Crippen LogP contribution < -0.4 is 10.4 Å². The molecule has 0 spiro atoms. The van der Waals surface area contributed by atoms with E-state index in [9.17, 15) is 4.79 Å². The quantitative estimate of drug-likeness (QED) is 0.800. The number of ether oxygens (including phenoxy) is 1. The van der Waals surface area contributed by atoms with Crippen molar-refractivity contribution < 1.29 is 9.15 Å². The molecular weight excluding hydrogens is 254 g/mol. The molecule has 1 aromatic heterocycles. The van der Waals surface area contributed by atoms with Crippen molar-refractivity contribution in [3.8, 4) is 17.3 Å². The topological polar surface area (TPSA) is 52.3 Å². The molecule has 0 bridgehead atoms. The molecule has 0 saturated heterocycles. The van der Waals surface area contributed by atoms with Gasteiger partial charge in [0.25, 0.3) is 0 Å². The predicted octanol–water partition coefficient (Wildman–Crippen LogP) is 2.97. The average molecular weight is 271 g/mol. The van der Waals surface area contributed by atoms with Crippen LogP contribution in [0.1, 0.15) is 25.0 Å². The van der Waals surface area contributed by atoms with Gasteiger partial charge in [0.15, 0.2) is 0 Å². The largest absolute Gasteiger partial charge is 0.477 e. The highest BCUT2D eigenvalue weighted by Crippen LogP contribution is 2.32. The Balaban J connectivity index is 2.07. The molecule has 2 heterocycles. The third kappa shape index (κ3) is 2.33. The minimum absolute atomic E-state index is 0.0608. The summed E-state index contributed by atoms with van der Waals surface area (Å²) in [6, 6.07) is 7.69. The van der Waals surface area contributed by atoms with Crippen molar-refractivity contribution in [2.75, 3.05) is 6.61 Å². The number of nitrogens with zero attached hydrogens (tertiary/aromatic N) is 1. The van der Waals surface area contributed by atoms with Crippen molar-refractivity contribution in [2.45, 2.75) is 27.2 Å². The maximum atomic E-state index is 12.1. The van der Waals surface area contributed by atoms with Crippen LogP contribution in [-0.2, 0) is 6.42 Å². The highest BCUT2D eigenvalue weighted by atomic mass is 16.5. The molecule has 0 unspecified atom stereocenters. The first-order valence-electron chi connectivity index (χ1n) is 6.68. The fraction of sp³-hybridized carbons (Fsp3) is 0.375. The fourth-order valence-corrected chi connectivity index (χ4v) is 2.30. The lowest BCUT2D eigenvalue weighted by atomic mass is 9.86. The van der Waals surface area contributed by atoms with Crippen molar-refractivity contribution in [1.82, 2.24) is 4.98 Å². The van der Waals surface area contributed by atoms with E-state index in [1.165, 1.54) is 0 Å². The summed E-state index contributed by atoms with van der Waals surface area (Å²) in [5.41, 5.74) is 2.06. The lowest BCUT2D eigenvalue weighted by molar-refractivity contribution is 0.143. The van der Waals surface area contributed by atoms with E-state index in [4.69, 9.17) is 9.15 Å². The molecule has 0 N–H and O–H groups in total. The first-order chi connectivity index (χ1) is 9.44. The Kier molecular flexibility index (Phi) is 2.89. The summed E-state index contributed by atoms with van der Waals surface area (Å²) in [4.78, 5) is 16.5. The summed E-state index contributed by atoms with van der Waals surface area (Å²) in [5, 5.41) is 0. The third-order valence-corrected chi connectivity index (χ3v) is 3.45. The van der Waals surface area contributed by atoms with Gasteiger partial charge in [-0.3, -0.25) is 0 Å². The second-order valence-corrected chi connectivity index (χ2v) is 6.09. The van der Waals surface area contributed by atoms with Crippen molar-refractivity contribution in [3.63, 3.8) is 0 Å². The fourth-order valence-electron chi connectivity index (χ4n) is 2.30. The van der Waals surface area contributed by atoms with Gasteiger partial charge >= 0.3 is 5.63 Å². The van der Waals surface area contributed by atoms with Crippen molar-refractivity contribution in [3.05, 3.63) is 45.8 Å². The second kappa shape index (κ2) is 4.47. The predicted molar refractivity (Wildman–Crippen MR) is 75.9 cm³/mol. The third-order valence-electron chi connectivity index (χ3n) is 3.45. The molecule has 20 heavy (non-hydrogen) atoms. The molecule has 0 aliphatic carbocycles. The minimum atomic E-state index is -0.349. The number of hydrogen-bond donors (Lipinski definition) is 0. The molecule has 0 radical (unpaired) electrons. The van der Waals surface area contributed by atoms with Crippen LogP contribution in [0.15, 0.2) is 33.5 Å². The van der Waals surface area contributed by atoms with Gasteiger partial charge in [0.1, 0.15) is 5.56 Å². The highest BCUT2D eigenvalue weighted by molar-refractivity contribution is 5.54. The number of rotatable bonds is 1. The summed E-state index contributed by atoms with van der Waals surface area (Å²) < 4.78 is 11.0. The first kappa shape index (κ1) is 12.9. The van der Waals surface area contributed by atoms with Gasteiger partial charge in [-0.1, -0.05) is 31.5 Å². The summed E-state index contributed by atoms with van der Waals surface area (Å²) >= 11 is 0. The van der Waals surface area contributed by atoms with Gasteiger partial charge in [-0.2, -0.15) is 4.98 Å². The first-order valence-corrected chi connectivity index (χ1v) is 6.68. The van der Waals surface area contributed by atoms with Crippen LogP contribution in [0.4, 0.5) is 0 Å². The normalized spacial score (nSPS) is 16.4. The molecule has 104 valence electrons. The molecule has 0 fully saturated rings. The maximum Gasteiger partial charge on any atom is 0.346 e. The SMILES string of the molecule is Cc1ccc(-c2nc3c(c(=O)o2)CC(C)(C)CO3)cc1. The zero-order valence-corrected chi connectivity index (χ0v) is 11.9. The lowest BCUT2D eigenvalue weighted by Gasteiger charge is -2.29. The summed E-state index contributed by atoms with van der Waals surface area (Å²) in [6.45, 7) is 6.68. The monoisotopic (exact) mass is 271 g/mol. The van der Waals surface area contributed by atoms with Gasteiger partial charge in [0.2, 0.25) is 11.8 Å². The molecule has 4 heteroatoms. The van der Waals surface area contributed by atoms with E-state index in [-0.39, 0.29) is 11.0 Å². The Hall–Kier alpha value is -2.10. The molecule has 1 aliphatic heterocycles. The van der Waals surface area contributed by atoms with Crippen molar-refractivity contribution in [1.29, 1.82) is 0 Å². The lowest BCUT2D eigenvalue weighted by Crippen LogP contribution is -2.32. The van der Waals surface area contributed by atoms with E-state index in [1.807, 2.05) is 31.2 Å². The maximum absolute atomic E-state index is 12.1. The minimum Gasteiger partial charge on any atom is -0.477 e. The van der Waals surface area contributed by atoms with Gasteiger partial charge in [-0.25, -0.2) is 4.79 Å². The molecule has 1 aliphatic rings. The Bertz CT molecular complexity index is 699. The van der Waals surface area contributed by atoms with Crippen molar-refractivity contribution in [2.24, 2.45) is 5.41 Å². The van der Waals surface area contributed by atoms with Crippen LogP contribution in [0.3, 0.4) is 0 Å². The van der Waals surface area contributed by atoms with Crippen LogP contribution in [0.5, 0.6) is 5.88 Å². The van der Waals surface area contributed by atoms with E-state index in [0.29, 0.717) is 30.4 Å². The molecule has 0 amide bonds. The highest BCUT2D eigenvalue weighted by Gasteiger charge is 2.31. The summed E-state index contributed by atoms with van der Waals surface area (Å²) in [7, 11) is 0. The van der Waals surface area contributed by atoms with Gasteiger partial charge in [-0.15, -0.1) is 0 Å². The zero-order valence-electron chi connectivity index (χ0n) is 11.9. The number of benzene rings is 1. The standard InChI is InChI=1S/C16H17NO3/c1-10-4-6-11(7-5-10)13-17-14-12(15(18)20-13)8-16(2,3)9-19-14/h4-7H,8-9H2,1-3H3. The number of fused-ring (bicyclic) bond motifs is 1. The molecule has 2 aromatic rings. The molecule has 0 atom stereocenters. The van der Waals surface area contributed by atoms with Gasteiger partial charge < -0.3 is 9.15 Å². The number of aromatic nitrogens is 1. The van der Waals surface area contributed by atoms with Crippen LogP contribution in [0.2, 0.25) is 0 Å². The van der Waals surface area contributed by atoms with E-state index in [1.54, 1.807) is 0 Å². The van der Waals surface area contributed by atoms with Gasteiger partial charge in [0, 0.05) is 11.0 Å². The Morgan fingerprint density at radius 2 is 1.90 bits per heavy atom. The molecule has 4 nitrogen and oxygen atoms in total. The second-order valence-electron chi connectivity index (χ2n) is 6.09. The summed E-state index contributed by atoms with van der Waals surface area (Å²) in [5.74, 6) is 0.726. The van der Waals surface area contributed by atoms with Crippen molar-refractivity contribution >= 4 is 0 Å². The zero-order chi connectivity index (χ0) is 14.3. The van der Waals surface area contributed by atoms with E-state index in [0.717, 1.165) is 11.1 Å². The number of hydrogen-bond acceptors (Lipinski definition) is 4. The molecule has 0 saturated carbocycles. The molecule has 3 rings (SSSR count). The van der Waals surface area contributed by atoms with Gasteiger partial charge in [0.05, 0.1) is 6.61 Å². The van der Waals surface area contributed by atoms with Crippen LogP contribution in [0, 0.1) is 12.3 Å².